The van der Waals surface area contributed by atoms with Gasteiger partial charge in [-0.25, -0.2) is 0 Å². The molecule has 1 radical (unpaired) electrons. The maximum atomic E-state index is 3.57. The van der Waals surface area contributed by atoms with E-state index in [1.165, 1.54) is 43.1 Å². The molecule has 38 heavy (non-hydrogen) atoms. The van der Waals surface area contributed by atoms with Gasteiger partial charge in [0.2, 0.25) is 0 Å². The first-order valence-corrected chi connectivity index (χ1v) is 15.3. The van der Waals surface area contributed by atoms with Crippen molar-refractivity contribution in [1.82, 2.24) is 0 Å². The molecule has 0 heterocycles. The molecule has 0 fully saturated rings. The second-order valence-electron chi connectivity index (χ2n) is 10.3. The molecule has 4 heteroatoms. The topological polar surface area (TPSA) is 0 Å². The van der Waals surface area contributed by atoms with E-state index in [4.69, 9.17) is 0 Å². The fourth-order valence-electron chi connectivity index (χ4n) is 4.34. The molecule has 6 rings (SSSR count). The number of fused-ring (bicyclic) bond motifs is 3. The molecule has 0 N–H and O–H groups in total. The molecule has 4 aliphatic carbocycles. The third-order valence-corrected chi connectivity index (χ3v) is 7.07. The van der Waals surface area contributed by atoms with Crippen molar-refractivity contribution in [2.75, 3.05) is 0 Å². The molecule has 0 saturated carbocycles. The Balaban J connectivity index is 0.000000516. The normalized spacial score (nSPS) is 19.3. The molecule has 2 unspecified atom stereocenters. The van der Waals surface area contributed by atoms with Gasteiger partial charge in [0.25, 0.3) is 0 Å². The zero-order chi connectivity index (χ0) is 25.6. The number of hydrogen-bond donors (Lipinski definition) is 0. The Bertz CT molecular complexity index is 1300. The Hall–Kier alpha value is -1.18. The van der Waals surface area contributed by atoms with Gasteiger partial charge in [0.05, 0.1) is 0 Å². The first-order valence-electron chi connectivity index (χ1n) is 13.0. The predicted octanol–water partition coefficient (Wildman–Crippen LogP) is 6.75. The minimum atomic E-state index is 0. The smallest absolute Gasteiger partial charge is 0.191 e. The van der Waals surface area contributed by atoms with Crippen LogP contribution in [0.2, 0.25) is 13.1 Å². The molecule has 0 spiro atoms. The van der Waals surface area contributed by atoms with Crippen LogP contribution in [0.5, 0.6) is 0 Å². The summed E-state index contributed by atoms with van der Waals surface area (Å²) in [6, 6.07) is 21.4. The fraction of sp³-hybridized carbons (Fsp3) is 0.353. The summed E-state index contributed by atoms with van der Waals surface area (Å²) in [6.45, 7) is 17.6. The maximum absolute atomic E-state index is 3.57. The quantitative estimate of drug-likeness (QED) is 0.168. The standard InChI is InChI=1S/2C13H15.C6H4.C2H7Si.2ClH.Zr/c2*1-4-13(3)8-11-7-5-6-10(2)12(11)9-13;1-2-6-4-3-5(1)6;1-3-2;;;/h2*5-8H,4H2,1-3H3;1-4H;3H,1-2H3;2*1H;/q2*-1;;;;;+2. The predicted molar refractivity (Wildman–Crippen MR) is 172 cm³/mol. The molecule has 4 aliphatic rings. The summed E-state index contributed by atoms with van der Waals surface area (Å²) >= 11 is 0. The van der Waals surface area contributed by atoms with Crippen molar-refractivity contribution in [3.8, 4) is 11.1 Å². The second kappa shape index (κ2) is 16.2. The van der Waals surface area contributed by atoms with Crippen molar-refractivity contribution in [3.05, 3.63) is 92.7 Å². The molecule has 0 aromatic heterocycles. The van der Waals surface area contributed by atoms with Crippen LogP contribution >= 0.6 is 24.8 Å². The zero-order valence-corrected chi connectivity index (χ0v) is 29.5. The van der Waals surface area contributed by atoms with Crippen LogP contribution in [0.1, 0.15) is 51.7 Å². The van der Waals surface area contributed by atoms with Crippen LogP contribution in [-0.4, -0.2) is 9.52 Å². The Labute approximate surface area is 265 Å². The monoisotopic (exact) mass is 639 g/mol. The summed E-state index contributed by atoms with van der Waals surface area (Å²) in [4.78, 5) is 0. The van der Waals surface area contributed by atoms with Crippen LogP contribution < -0.4 is 20.9 Å². The molecular weight excluding hydrogens is 599 g/mol. The Morgan fingerprint density at radius 3 is 1.16 bits per heavy atom. The number of aryl methyl sites for hydroxylation is 2. The molecule has 0 nitrogen and oxygen atoms in total. The van der Waals surface area contributed by atoms with Gasteiger partial charge < -0.3 is 0 Å². The molecule has 0 bridgehead atoms. The van der Waals surface area contributed by atoms with E-state index in [0.717, 1.165) is 22.4 Å². The minimum Gasteiger partial charge on any atom is -0.191 e. The van der Waals surface area contributed by atoms with Crippen molar-refractivity contribution in [1.29, 1.82) is 0 Å². The largest absolute Gasteiger partial charge is 2.00 e. The van der Waals surface area contributed by atoms with Gasteiger partial charge in [-0.2, -0.15) is 33.7 Å². The molecule has 2 aromatic rings. The summed E-state index contributed by atoms with van der Waals surface area (Å²) in [7, 11) is 0.750. The molecule has 201 valence electrons. The van der Waals surface area contributed by atoms with Crippen LogP contribution in [0.25, 0.3) is 35.4 Å². The van der Waals surface area contributed by atoms with Gasteiger partial charge in [0.1, 0.15) is 0 Å². The van der Waals surface area contributed by atoms with E-state index in [-0.39, 0.29) is 61.8 Å². The minimum absolute atomic E-state index is 0. The van der Waals surface area contributed by atoms with Crippen LogP contribution in [0, 0.1) is 24.7 Å². The third-order valence-electron chi connectivity index (χ3n) is 7.07. The molecule has 2 atom stereocenters. The van der Waals surface area contributed by atoms with Gasteiger partial charge in [-0.3, -0.25) is 0 Å². The van der Waals surface area contributed by atoms with Gasteiger partial charge in [0, 0.05) is 9.52 Å². The summed E-state index contributed by atoms with van der Waals surface area (Å²) in [6.07, 6.45) is 14.1. The molecule has 0 saturated heterocycles. The number of rotatable bonds is 2. The van der Waals surface area contributed by atoms with E-state index >= 15 is 0 Å². The van der Waals surface area contributed by atoms with Crippen molar-refractivity contribution in [2.24, 2.45) is 10.8 Å². The number of benzene rings is 3. The molecular formula is C34H43Cl2SiZr. The van der Waals surface area contributed by atoms with Crippen molar-refractivity contribution >= 4 is 58.6 Å². The molecule has 2 aromatic carbocycles. The van der Waals surface area contributed by atoms with Crippen molar-refractivity contribution in [3.63, 3.8) is 0 Å². The Morgan fingerprint density at radius 2 is 0.947 bits per heavy atom. The summed E-state index contributed by atoms with van der Waals surface area (Å²) in [5.41, 5.74) is 5.85. The van der Waals surface area contributed by atoms with E-state index in [2.05, 4.69) is 140 Å². The average molecular weight is 642 g/mol. The van der Waals surface area contributed by atoms with Gasteiger partial charge in [-0.15, -0.1) is 71.7 Å². The van der Waals surface area contributed by atoms with E-state index in [0.29, 0.717) is 0 Å². The molecule has 0 amide bonds. The third kappa shape index (κ3) is 8.92. The summed E-state index contributed by atoms with van der Waals surface area (Å²) in [5, 5.41) is 5.33. The van der Waals surface area contributed by atoms with E-state index < -0.39 is 0 Å². The van der Waals surface area contributed by atoms with Gasteiger partial charge >= 0.3 is 26.2 Å². The first-order chi connectivity index (χ1) is 16.7. The number of hydrogen-bond acceptors (Lipinski definition) is 0. The Morgan fingerprint density at radius 1 is 0.632 bits per heavy atom. The Kier molecular flexibility index (Phi) is 15.7. The summed E-state index contributed by atoms with van der Waals surface area (Å²) < 4.78 is 0. The van der Waals surface area contributed by atoms with E-state index in [9.17, 15) is 0 Å². The van der Waals surface area contributed by atoms with Crippen LogP contribution in [0.3, 0.4) is 0 Å². The van der Waals surface area contributed by atoms with Crippen molar-refractivity contribution < 1.29 is 26.2 Å². The first kappa shape index (κ1) is 36.8. The van der Waals surface area contributed by atoms with E-state index in [1.807, 2.05) is 0 Å². The van der Waals surface area contributed by atoms with Gasteiger partial charge in [-0.05, 0) is 11.1 Å². The second-order valence-corrected chi connectivity index (χ2v) is 11.5. The van der Waals surface area contributed by atoms with E-state index in [1.54, 1.807) is 0 Å². The number of halogens is 2. The van der Waals surface area contributed by atoms with Crippen molar-refractivity contribution in [2.45, 2.75) is 67.5 Å². The fourth-order valence-corrected chi connectivity index (χ4v) is 4.34. The average Bonchev–Trinajstić information content (AvgIpc) is 3.37. The molecule has 0 aliphatic heterocycles. The van der Waals surface area contributed by atoms with Gasteiger partial charge in [0.15, 0.2) is 0 Å². The maximum Gasteiger partial charge on any atom is 2.00 e. The van der Waals surface area contributed by atoms with Gasteiger partial charge in [-0.1, -0.05) is 115 Å². The SMILES string of the molecule is CCC1(C)[C-]=c2c(C)cccc2=C1.CCC1(C)[C-]=c2c(C)cccc2=C1.C[SiH]C.Cl.Cl.[Zr+2].c1cc2ccc1-2. The zero-order valence-electron chi connectivity index (χ0n) is 24.2. The van der Waals surface area contributed by atoms with Crippen LogP contribution in [0.15, 0.2) is 60.7 Å². The summed E-state index contributed by atoms with van der Waals surface area (Å²) in [5.74, 6) is 0. The van der Waals surface area contributed by atoms with Crippen LogP contribution in [0.4, 0.5) is 0 Å². The van der Waals surface area contributed by atoms with Crippen LogP contribution in [-0.2, 0) is 26.2 Å².